The molecular weight excluding hydrogens is 252 g/mol. The third-order valence-electron chi connectivity index (χ3n) is 3.33. The monoisotopic (exact) mass is 268 g/mol. The first kappa shape index (κ1) is 13.3. The van der Waals surface area contributed by atoms with Crippen LogP contribution in [0.1, 0.15) is 12.7 Å². The number of nitrogens with zero attached hydrogens (tertiary/aromatic N) is 3. The highest BCUT2D eigenvalue weighted by molar-refractivity contribution is 5.76. The summed E-state index contributed by atoms with van der Waals surface area (Å²) in [4.78, 5) is 27.9. The lowest BCUT2D eigenvalue weighted by Crippen LogP contribution is -2.56. The van der Waals surface area contributed by atoms with Crippen molar-refractivity contribution in [2.24, 2.45) is 11.8 Å². The number of carboxylic acids is 1. The van der Waals surface area contributed by atoms with Crippen molar-refractivity contribution < 1.29 is 19.2 Å². The van der Waals surface area contributed by atoms with Gasteiger partial charge in [0, 0.05) is 32.0 Å². The summed E-state index contributed by atoms with van der Waals surface area (Å²) in [5, 5.41) is 15.2. The summed E-state index contributed by atoms with van der Waals surface area (Å²) >= 11 is 0. The molecule has 0 bridgehead atoms. The molecule has 2 rings (SSSR count). The van der Waals surface area contributed by atoms with Crippen molar-refractivity contribution in [3.05, 3.63) is 12.2 Å². The Bertz CT molecular complexity index is 442. The molecule has 8 heteroatoms. The number of hydrogen-bond acceptors (Lipinski definition) is 5. The van der Waals surface area contributed by atoms with E-state index in [2.05, 4.69) is 20.0 Å². The average Bonchev–Trinajstić information content (AvgIpc) is 2.79. The minimum Gasteiger partial charge on any atom is -0.481 e. The maximum atomic E-state index is 11.7. The fourth-order valence-corrected chi connectivity index (χ4v) is 1.89. The predicted molar refractivity (Wildman–Crippen MR) is 63.3 cm³/mol. The molecule has 0 radical (unpaired) electrons. The maximum absolute atomic E-state index is 11.7. The maximum Gasteiger partial charge on any atom is 0.317 e. The number of aromatic nitrogens is 2. The third-order valence-corrected chi connectivity index (χ3v) is 3.33. The number of carbonyl (C=O) groups excluding carboxylic acids is 1. The third kappa shape index (κ3) is 3.21. The van der Waals surface area contributed by atoms with Gasteiger partial charge in [0.05, 0.1) is 5.92 Å². The second-order valence-electron chi connectivity index (χ2n) is 4.62. The van der Waals surface area contributed by atoms with Gasteiger partial charge in [-0.1, -0.05) is 12.1 Å². The zero-order valence-electron chi connectivity index (χ0n) is 10.6. The standard InChI is InChI=1S/C11H16N4O4/c1-7(10(16)17)8-4-15(5-8)11(18)12-3-2-9-13-6-19-14-9/h6-8H,2-5H2,1H3,(H,12,18)(H,16,17). The molecule has 0 aliphatic carbocycles. The van der Waals surface area contributed by atoms with E-state index >= 15 is 0 Å². The van der Waals surface area contributed by atoms with E-state index < -0.39 is 11.9 Å². The van der Waals surface area contributed by atoms with Crippen LogP contribution < -0.4 is 5.32 Å². The van der Waals surface area contributed by atoms with Crippen LogP contribution >= 0.6 is 0 Å². The molecular formula is C11H16N4O4. The fourth-order valence-electron chi connectivity index (χ4n) is 1.89. The summed E-state index contributed by atoms with van der Waals surface area (Å²) in [6, 6.07) is -0.183. The van der Waals surface area contributed by atoms with Crippen LogP contribution in [0.15, 0.2) is 10.9 Å². The number of hydrogen-bond donors (Lipinski definition) is 2. The number of carbonyl (C=O) groups is 2. The minimum absolute atomic E-state index is 0.0421. The van der Waals surface area contributed by atoms with Crippen LogP contribution in [0.2, 0.25) is 0 Å². The molecule has 0 aromatic carbocycles. The van der Waals surface area contributed by atoms with Gasteiger partial charge in [-0.15, -0.1) is 0 Å². The summed E-state index contributed by atoms with van der Waals surface area (Å²) in [7, 11) is 0. The van der Waals surface area contributed by atoms with Gasteiger partial charge in [-0.05, 0) is 0 Å². The number of amides is 2. The molecule has 104 valence electrons. The molecule has 2 N–H and O–H groups in total. The molecule has 1 aliphatic heterocycles. The van der Waals surface area contributed by atoms with E-state index in [1.807, 2.05) is 0 Å². The zero-order chi connectivity index (χ0) is 13.8. The number of urea groups is 1. The van der Waals surface area contributed by atoms with Crippen molar-refractivity contribution >= 4 is 12.0 Å². The molecule has 1 atom stereocenters. The normalized spacial score (nSPS) is 16.8. The van der Waals surface area contributed by atoms with Gasteiger partial charge in [0.2, 0.25) is 6.39 Å². The van der Waals surface area contributed by atoms with Crippen LogP contribution in [0.3, 0.4) is 0 Å². The summed E-state index contributed by atoms with van der Waals surface area (Å²) < 4.78 is 4.57. The van der Waals surface area contributed by atoms with E-state index in [-0.39, 0.29) is 11.9 Å². The Labute approximate surface area is 109 Å². The van der Waals surface area contributed by atoms with E-state index in [4.69, 9.17) is 5.11 Å². The largest absolute Gasteiger partial charge is 0.481 e. The number of aliphatic carboxylic acids is 1. The van der Waals surface area contributed by atoms with E-state index in [0.717, 1.165) is 0 Å². The van der Waals surface area contributed by atoms with Crippen molar-refractivity contribution in [1.29, 1.82) is 0 Å². The summed E-state index contributed by atoms with van der Waals surface area (Å²) in [5.74, 6) is -0.646. The van der Waals surface area contributed by atoms with Gasteiger partial charge >= 0.3 is 12.0 Å². The van der Waals surface area contributed by atoms with E-state index in [1.165, 1.54) is 6.39 Å². The van der Waals surface area contributed by atoms with Gasteiger partial charge in [0.1, 0.15) is 0 Å². The molecule has 8 nitrogen and oxygen atoms in total. The highest BCUT2D eigenvalue weighted by Gasteiger charge is 2.36. The van der Waals surface area contributed by atoms with Crippen LogP contribution in [-0.4, -0.2) is 51.8 Å². The van der Waals surface area contributed by atoms with Gasteiger partial charge in [0.15, 0.2) is 5.82 Å². The molecule has 2 heterocycles. The Kier molecular flexibility index (Phi) is 3.98. The Morgan fingerprint density at radius 2 is 2.37 bits per heavy atom. The van der Waals surface area contributed by atoms with Crippen molar-refractivity contribution in [2.75, 3.05) is 19.6 Å². The van der Waals surface area contributed by atoms with Crippen LogP contribution in [0.5, 0.6) is 0 Å². The second-order valence-corrected chi connectivity index (χ2v) is 4.62. The van der Waals surface area contributed by atoms with Gasteiger partial charge < -0.3 is 19.8 Å². The lowest BCUT2D eigenvalue weighted by molar-refractivity contribution is -0.144. The topological polar surface area (TPSA) is 109 Å². The average molecular weight is 268 g/mol. The number of likely N-dealkylation sites (tertiary alicyclic amines) is 1. The number of nitrogens with one attached hydrogen (secondary N) is 1. The number of carboxylic acid groups (broad SMARTS) is 1. The first-order valence-corrected chi connectivity index (χ1v) is 6.08. The van der Waals surface area contributed by atoms with Crippen LogP contribution in [-0.2, 0) is 11.2 Å². The Morgan fingerprint density at radius 3 is 2.95 bits per heavy atom. The molecule has 1 aromatic heterocycles. The van der Waals surface area contributed by atoms with Crippen LogP contribution in [0, 0.1) is 11.8 Å². The minimum atomic E-state index is -0.817. The first-order chi connectivity index (χ1) is 9.08. The molecule has 19 heavy (non-hydrogen) atoms. The SMILES string of the molecule is CC(C(=O)O)C1CN(C(=O)NCCc2ncon2)C1. The molecule has 2 amide bonds. The van der Waals surface area contributed by atoms with Crippen molar-refractivity contribution in [1.82, 2.24) is 20.4 Å². The summed E-state index contributed by atoms with van der Waals surface area (Å²) in [6.45, 7) is 3.07. The Hall–Kier alpha value is -2.12. The molecule has 1 aliphatic rings. The van der Waals surface area contributed by atoms with E-state index in [9.17, 15) is 9.59 Å². The van der Waals surface area contributed by atoms with E-state index in [1.54, 1.807) is 11.8 Å². The molecule has 0 spiro atoms. The number of rotatable bonds is 5. The second kappa shape index (κ2) is 5.68. The lowest BCUT2D eigenvalue weighted by atomic mass is 9.87. The summed E-state index contributed by atoms with van der Waals surface area (Å²) in [6.07, 6.45) is 1.75. The van der Waals surface area contributed by atoms with Gasteiger partial charge in [-0.2, -0.15) is 4.98 Å². The highest BCUT2D eigenvalue weighted by Crippen LogP contribution is 2.23. The van der Waals surface area contributed by atoms with Gasteiger partial charge in [-0.3, -0.25) is 4.79 Å². The predicted octanol–water partition coefficient (Wildman–Crippen LogP) is -0.0258. The Balaban J connectivity index is 1.65. The van der Waals surface area contributed by atoms with Crippen LogP contribution in [0.4, 0.5) is 4.79 Å². The lowest BCUT2D eigenvalue weighted by Gasteiger charge is -2.41. The molecule has 1 saturated heterocycles. The zero-order valence-corrected chi connectivity index (χ0v) is 10.6. The Morgan fingerprint density at radius 1 is 1.63 bits per heavy atom. The van der Waals surface area contributed by atoms with Crippen molar-refractivity contribution in [3.8, 4) is 0 Å². The van der Waals surface area contributed by atoms with Gasteiger partial charge in [-0.25, -0.2) is 4.79 Å². The smallest absolute Gasteiger partial charge is 0.317 e. The molecule has 1 fully saturated rings. The first-order valence-electron chi connectivity index (χ1n) is 6.08. The van der Waals surface area contributed by atoms with Crippen LogP contribution in [0.25, 0.3) is 0 Å². The van der Waals surface area contributed by atoms with Crippen molar-refractivity contribution in [3.63, 3.8) is 0 Å². The van der Waals surface area contributed by atoms with Crippen molar-refractivity contribution in [2.45, 2.75) is 13.3 Å². The highest BCUT2D eigenvalue weighted by atomic mass is 16.5. The quantitative estimate of drug-likeness (QED) is 0.776. The summed E-state index contributed by atoms with van der Waals surface area (Å²) in [5.41, 5.74) is 0. The molecule has 0 saturated carbocycles. The molecule has 1 unspecified atom stereocenters. The fraction of sp³-hybridized carbons (Fsp3) is 0.636. The van der Waals surface area contributed by atoms with Gasteiger partial charge in [0.25, 0.3) is 0 Å². The molecule has 1 aromatic rings. The van der Waals surface area contributed by atoms with E-state index in [0.29, 0.717) is 31.9 Å².